The van der Waals surface area contributed by atoms with Crippen LogP contribution in [0.15, 0.2) is 54.9 Å². The minimum Gasteiger partial charge on any atom is -0.478 e. The number of hydrogen-bond acceptors (Lipinski definition) is 6. The monoisotopic (exact) mass is 370 g/mol. The van der Waals surface area contributed by atoms with E-state index < -0.39 is 5.97 Å². The third-order valence-electron chi connectivity index (χ3n) is 4.22. The van der Waals surface area contributed by atoms with Gasteiger partial charge in [0, 0.05) is 18.1 Å². The summed E-state index contributed by atoms with van der Waals surface area (Å²) in [5.74, 6) is -0.601. The Labute approximate surface area is 159 Å². The summed E-state index contributed by atoms with van der Waals surface area (Å²) in [7, 11) is 0. The van der Waals surface area contributed by atoms with Crippen LogP contribution in [0.4, 0.5) is 11.6 Å². The van der Waals surface area contributed by atoms with E-state index in [-0.39, 0.29) is 5.56 Å². The molecule has 0 fully saturated rings. The molecule has 3 aromatic heterocycles. The number of nitriles is 1. The molecule has 4 aromatic rings. The number of hydrogen-bond donors (Lipinski definition) is 2. The third-order valence-corrected chi connectivity index (χ3v) is 4.22. The van der Waals surface area contributed by atoms with Crippen LogP contribution in [0.1, 0.15) is 21.6 Å². The van der Waals surface area contributed by atoms with E-state index in [1.807, 2.05) is 11.3 Å². The first-order valence-electron chi connectivity index (χ1n) is 8.38. The van der Waals surface area contributed by atoms with Crippen molar-refractivity contribution in [2.24, 2.45) is 0 Å². The Hall–Kier alpha value is -4.25. The van der Waals surface area contributed by atoms with Crippen LogP contribution in [0.3, 0.4) is 0 Å². The maximum absolute atomic E-state index is 11.0. The zero-order chi connectivity index (χ0) is 19.7. The lowest BCUT2D eigenvalue weighted by atomic mass is 10.2. The maximum atomic E-state index is 11.0. The maximum Gasteiger partial charge on any atom is 0.335 e. The van der Waals surface area contributed by atoms with Crippen LogP contribution in [-0.2, 0) is 0 Å². The minimum atomic E-state index is -0.979. The standard InChI is InChI=1S/C20H14N6O2/c1-12-18(26-9-7-13(11-21)10-17(26)23-12)16-6-8-22-20(25-16)24-15-4-2-14(3-5-15)19(27)28/h2-10H,1H3,(H,27,28)(H,22,24,25). The highest BCUT2D eigenvalue weighted by Gasteiger charge is 2.14. The number of benzene rings is 1. The van der Waals surface area contributed by atoms with Gasteiger partial charge in [0.2, 0.25) is 5.95 Å². The molecule has 0 aliphatic carbocycles. The number of nitrogens with zero attached hydrogens (tertiary/aromatic N) is 5. The van der Waals surface area contributed by atoms with Crippen molar-refractivity contribution >= 4 is 23.3 Å². The Morgan fingerprint density at radius 2 is 1.96 bits per heavy atom. The summed E-state index contributed by atoms with van der Waals surface area (Å²) in [6, 6.07) is 13.7. The summed E-state index contributed by atoms with van der Waals surface area (Å²) in [6.07, 6.45) is 3.43. The number of aromatic nitrogens is 4. The molecule has 0 spiro atoms. The fourth-order valence-electron chi connectivity index (χ4n) is 2.92. The Morgan fingerprint density at radius 1 is 1.18 bits per heavy atom. The molecular weight excluding hydrogens is 356 g/mol. The van der Waals surface area contributed by atoms with Gasteiger partial charge in [0.15, 0.2) is 0 Å². The molecule has 136 valence electrons. The Bertz CT molecular complexity index is 1240. The number of nitrogens with one attached hydrogen (secondary N) is 1. The van der Waals surface area contributed by atoms with Gasteiger partial charge in [-0.3, -0.25) is 4.40 Å². The molecule has 28 heavy (non-hydrogen) atoms. The molecule has 4 rings (SSSR count). The van der Waals surface area contributed by atoms with E-state index in [1.54, 1.807) is 42.7 Å². The number of carboxylic acids is 1. The van der Waals surface area contributed by atoms with Crippen LogP contribution in [0.5, 0.6) is 0 Å². The van der Waals surface area contributed by atoms with Gasteiger partial charge in [-0.05, 0) is 49.4 Å². The lowest BCUT2D eigenvalue weighted by Gasteiger charge is -2.07. The summed E-state index contributed by atoms with van der Waals surface area (Å²) in [5.41, 5.74) is 4.36. The number of carbonyl (C=O) groups is 1. The molecule has 0 radical (unpaired) electrons. The van der Waals surface area contributed by atoms with Crippen LogP contribution >= 0.6 is 0 Å². The zero-order valence-corrected chi connectivity index (χ0v) is 14.8. The largest absolute Gasteiger partial charge is 0.478 e. The van der Waals surface area contributed by atoms with Crippen molar-refractivity contribution in [2.75, 3.05) is 5.32 Å². The fraction of sp³-hybridized carbons (Fsp3) is 0.0500. The van der Waals surface area contributed by atoms with E-state index >= 15 is 0 Å². The molecule has 2 N–H and O–H groups in total. The van der Waals surface area contributed by atoms with Crippen LogP contribution in [-0.4, -0.2) is 30.4 Å². The van der Waals surface area contributed by atoms with E-state index in [4.69, 9.17) is 10.4 Å². The van der Waals surface area contributed by atoms with Crippen molar-refractivity contribution in [3.05, 3.63) is 71.7 Å². The summed E-state index contributed by atoms with van der Waals surface area (Å²) >= 11 is 0. The number of aryl methyl sites for hydroxylation is 1. The van der Waals surface area contributed by atoms with Gasteiger partial charge in [0.1, 0.15) is 5.65 Å². The molecule has 0 amide bonds. The molecule has 0 aliphatic heterocycles. The smallest absolute Gasteiger partial charge is 0.335 e. The molecule has 8 heteroatoms. The molecule has 0 atom stereocenters. The first-order valence-corrected chi connectivity index (χ1v) is 8.38. The molecule has 0 saturated heterocycles. The third kappa shape index (κ3) is 3.12. The molecule has 0 saturated carbocycles. The van der Waals surface area contributed by atoms with E-state index in [2.05, 4.69) is 26.3 Å². The number of fused-ring (bicyclic) bond motifs is 1. The topological polar surface area (TPSA) is 116 Å². The van der Waals surface area contributed by atoms with Gasteiger partial charge >= 0.3 is 5.97 Å². The van der Waals surface area contributed by atoms with Gasteiger partial charge in [0.25, 0.3) is 0 Å². The summed E-state index contributed by atoms with van der Waals surface area (Å²) in [6.45, 7) is 1.88. The molecule has 3 heterocycles. The van der Waals surface area contributed by atoms with E-state index in [1.165, 1.54) is 12.1 Å². The number of imidazole rings is 1. The second-order valence-corrected chi connectivity index (χ2v) is 6.07. The number of anilines is 2. The van der Waals surface area contributed by atoms with Crippen molar-refractivity contribution in [1.29, 1.82) is 5.26 Å². The van der Waals surface area contributed by atoms with Gasteiger partial charge in [-0.2, -0.15) is 5.26 Å². The summed E-state index contributed by atoms with van der Waals surface area (Å²) in [4.78, 5) is 24.3. The normalized spacial score (nSPS) is 10.6. The van der Waals surface area contributed by atoms with Crippen LogP contribution in [0, 0.1) is 18.3 Å². The van der Waals surface area contributed by atoms with Crippen LogP contribution in [0.2, 0.25) is 0 Å². The highest BCUT2D eigenvalue weighted by Crippen LogP contribution is 2.25. The molecule has 0 unspecified atom stereocenters. The Kier molecular flexibility index (Phi) is 4.18. The number of pyridine rings is 1. The molecular formula is C20H14N6O2. The van der Waals surface area contributed by atoms with Crippen molar-refractivity contribution in [3.8, 4) is 17.5 Å². The number of aromatic carboxylic acids is 1. The van der Waals surface area contributed by atoms with Gasteiger partial charge in [-0.15, -0.1) is 0 Å². The first kappa shape index (κ1) is 17.2. The van der Waals surface area contributed by atoms with E-state index in [0.29, 0.717) is 28.5 Å². The van der Waals surface area contributed by atoms with Crippen LogP contribution in [0.25, 0.3) is 17.0 Å². The van der Waals surface area contributed by atoms with E-state index in [9.17, 15) is 4.79 Å². The SMILES string of the molecule is Cc1nc2cc(C#N)ccn2c1-c1ccnc(Nc2ccc(C(=O)O)cc2)n1. The van der Waals surface area contributed by atoms with Gasteiger partial charge in [0.05, 0.1) is 34.3 Å². The van der Waals surface area contributed by atoms with Crippen LogP contribution < -0.4 is 5.32 Å². The fourth-order valence-corrected chi connectivity index (χ4v) is 2.92. The average molecular weight is 370 g/mol. The lowest BCUT2D eigenvalue weighted by Crippen LogP contribution is -2.00. The molecule has 1 aromatic carbocycles. The van der Waals surface area contributed by atoms with Gasteiger partial charge in [-0.1, -0.05) is 0 Å². The van der Waals surface area contributed by atoms with Crippen molar-refractivity contribution in [2.45, 2.75) is 6.92 Å². The van der Waals surface area contributed by atoms with Gasteiger partial charge in [-0.25, -0.2) is 19.7 Å². The van der Waals surface area contributed by atoms with Crippen molar-refractivity contribution in [1.82, 2.24) is 19.4 Å². The highest BCUT2D eigenvalue weighted by molar-refractivity contribution is 5.88. The second-order valence-electron chi connectivity index (χ2n) is 6.07. The predicted molar refractivity (Wildman–Crippen MR) is 102 cm³/mol. The zero-order valence-electron chi connectivity index (χ0n) is 14.8. The minimum absolute atomic E-state index is 0.207. The Balaban J connectivity index is 1.69. The van der Waals surface area contributed by atoms with Crippen molar-refractivity contribution in [3.63, 3.8) is 0 Å². The highest BCUT2D eigenvalue weighted by atomic mass is 16.4. The summed E-state index contributed by atoms with van der Waals surface area (Å²) in [5, 5.41) is 21.1. The van der Waals surface area contributed by atoms with Crippen molar-refractivity contribution < 1.29 is 9.90 Å². The molecule has 0 aliphatic rings. The lowest BCUT2D eigenvalue weighted by molar-refractivity contribution is 0.0697. The molecule has 0 bridgehead atoms. The number of carboxylic acid groups (broad SMARTS) is 1. The second kappa shape index (κ2) is 6.81. The Morgan fingerprint density at radius 3 is 2.68 bits per heavy atom. The first-order chi connectivity index (χ1) is 13.5. The predicted octanol–water partition coefficient (Wildman–Crippen LogP) is 3.41. The average Bonchev–Trinajstić information content (AvgIpc) is 3.03. The molecule has 8 nitrogen and oxygen atoms in total. The summed E-state index contributed by atoms with van der Waals surface area (Å²) < 4.78 is 1.88. The van der Waals surface area contributed by atoms with Gasteiger partial charge < -0.3 is 10.4 Å². The number of rotatable bonds is 4. The quantitative estimate of drug-likeness (QED) is 0.565. The van der Waals surface area contributed by atoms with E-state index in [0.717, 1.165) is 11.4 Å².